The Balaban J connectivity index is 1.79. The second kappa shape index (κ2) is 8.56. The lowest BCUT2D eigenvalue weighted by Crippen LogP contribution is -2.46. The molecule has 0 aromatic heterocycles. The summed E-state index contributed by atoms with van der Waals surface area (Å²) < 4.78 is 0. The fourth-order valence-electron chi connectivity index (χ4n) is 3.31. The minimum atomic E-state index is -0.108. The maximum Gasteiger partial charge on any atom is 0.255 e. The van der Waals surface area contributed by atoms with Gasteiger partial charge in [-0.2, -0.15) is 0 Å². The van der Waals surface area contributed by atoms with Crippen molar-refractivity contribution in [3.63, 3.8) is 0 Å². The molecule has 1 saturated heterocycles. The van der Waals surface area contributed by atoms with Gasteiger partial charge in [0.1, 0.15) is 0 Å². The number of aryl methyl sites for hydroxylation is 1. The van der Waals surface area contributed by atoms with Crippen molar-refractivity contribution in [2.45, 2.75) is 20.3 Å². The summed E-state index contributed by atoms with van der Waals surface area (Å²) in [5.74, 6) is -0.108. The van der Waals surface area contributed by atoms with Crippen molar-refractivity contribution in [3.05, 3.63) is 58.6 Å². The summed E-state index contributed by atoms with van der Waals surface area (Å²) in [6.45, 7) is 9.18. The molecule has 1 N–H and O–H groups in total. The van der Waals surface area contributed by atoms with Gasteiger partial charge in [0.25, 0.3) is 5.91 Å². The van der Waals surface area contributed by atoms with E-state index < -0.39 is 0 Å². The summed E-state index contributed by atoms with van der Waals surface area (Å²) in [4.78, 5) is 17.4. The highest BCUT2D eigenvalue weighted by atomic mass is 35.5. The number of carbonyl (C=O) groups is 1. The number of rotatable bonds is 5. The zero-order valence-corrected chi connectivity index (χ0v) is 16.2. The van der Waals surface area contributed by atoms with Crippen molar-refractivity contribution in [2.24, 2.45) is 0 Å². The van der Waals surface area contributed by atoms with Gasteiger partial charge in [0.15, 0.2) is 0 Å². The quantitative estimate of drug-likeness (QED) is 0.851. The van der Waals surface area contributed by atoms with E-state index in [0.717, 1.165) is 50.5 Å². The molecule has 1 heterocycles. The van der Waals surface area contributed by atoms with Gasteiger partial charge >= 0.3 is 0 Å². The summed E-state index contributed by atoms with van der Waals surface area (Å²) in [5.41, 5.74) is 3.57. The largest absolute Gasteiger partial charge is 0.366 e. The second-order valence-electron chi connectivity index (χ2n) is 6.56. The Labute approximate surface area is 160 Å². The van der Waals surface area contributed by atoms with Crippen LogP contribution in [-0.2, 0) is 6.42 Å². The first-order valence-electron chi connectivity index (χ1n) is 9.28. The van der Waals surface area contributed by atoms with Crippen molar-refractivity contribution in [1.82, 2.24) is 4.90 Å². The molecule has 0 radical (unpaired) electrons. The normalized spacial score (nSPS) is 15.1. The number of anilines is 2. The molecule has 1 amide bonds. The Kier molecular flexibility index (Phi) is 6.17. The van der Waals surface area contributed by atoms with Gasteiger partial charge in [0, 0.05) is 31.7 Å². The van der Waals surface area contributed by atoms with E-state index in [0.29, 0.717) is 10.6 Å². The third-order valence-corrected chi connectivity index (χ3v) is 5.30. The smallest absolute Gasteiger partial charge is 0.255 e. The van der Waals surface area contributed by atoms with Crippen molar-refractivity contribution >= 4 is 28.9 Å². The third kappa shape index (κ3) is 4.19. The number of likely N-dealkylation sites (N-methyl/N-ethyl adjacent to an activating group) is 1. The molecule has 0 aliphatic carbocycles. The molecule has 0 unspecified atom stereocenters. The Hall–Kier alpha value is -2.04. The summed E-state index contributed by atoms with van der Waals surface area (Å²) in [7, 11) is 0. The lowest BCUT2D eigenvalue weighted by atomic mass is 10.1. The molecular weight excluding hydrogens is 346 g/mol. The summed E-state index contributed by atoms with van der Waals surface area (Å²) in [6.07, 6.45) is 0.962. The standard InChI is InChI=1S/C21H26ClN3O/c1-3-16-8-10-17(11-9-16)21(26)23-19-7-5-6-18(22)20(19)25-14-12-24(4-2)13-15-25/h5-11H,3-4,12-15H2,1-2H3,(H,23,26). The minimum absolute atomic E-state index is 0.108. The maximum atomic E-state index is 12.7. The van der Waals surface area contributed by atoms with Gasteiger partial charge in [-0.1, -0.05) is 43.6 Å². The van der Waals surface area contributed by atoms with E-state index in [2.05, 4.69) is 29.0 Å². The summed E-state index contributed by atoms with van der Waals surface area (Å²) in [5, 5.41) is 3.72. The minimum Gasteiger partial charge on any atom is -0.366 e. The van der Waals surface area contributed by atoms with Gasteiger partial charge in [-0.25, -0.2) is 0 Å². The van der Waals surface area contributed by atoms with Gasteiger partial charge in [0.05, 0.1) is 16.4 Å². The highest BCUT2D eigenvalue weighted by Crippen LogP contribution is 2.34. The molecule has 2 aromatic rings. The molecule has 5 heteroatoms. The number of para-hydroxylation sites is 1. The number of hydrogen-bond donors (Lipinski definition) is 1. The molecule has 2 aromatic carbocycles. The van der Waals surface area contributed by atoms with Crippen LogP contribution in [0.2, 0.25) is 5.02 Å². The maximum absolute atomic E-state index is 12.7. The molecule has 1 aliphatic heterocycles. The van der Waals surface area contributed by atoms with E-state index in [4.69, 9.17) is 11.6 Å². The van der Waals surface area contributed by atoms with E-state index in [-0.39, 0.29) is 5.91 Å². The van der Waals surface area contributed by atoms with Crippen molar-refractivity contribution in [2.75, 3.05) is 42.9 Å². The monoisotopic (exact) mass is 371 g/mol. The van der Waals surface area contributed by atoms with Crippen LogP contribution in [-0.4, -0.2) is 43.5 Å². The van der Waals surface area contributed by atoms with Gasteiger partial charge in [-0.3, -0.25) is 4.79 Å². The topological polar surface area (TPSA) is 35.6 Å². The molecule has 26 heavy (non-hydrogen) atoms. The number of nitrogens with zero attached hydrogens (tertiary/aromatic N) is 2. The highest BCUT2D eigenvalue weighted by molar-refractivity contribution is 6.34. The van der Waals surface area contributed by atoms with Crippen LogP contribution in [0.4, 0.5) is 11.4 Å². The van der Waals surface area contributed by atoms with Crippen LogP contribution >= 0.6 is 11.6 Å². The molecule has 3 rings (SSSR count). The third-order valence-electron chi connectivity index (χ3n) is 5.00. The molecule has 1 aliphatic rings. The number of amides is 1. The van der Waals surface area contributed by atoms with E-state index in [1.54, 1.807) is 0 Å². The molecular formula is C21H26ClN3O. The molecule has 0 bridgehead atoms. The van der Waals surface area contributed by atoms with Crippen LogP contribution in [0.25, 0.3) is 0 Å². The number of benzene rings is 2. The molecule has 138 valence electrons. The first kappa shape index (κ1) is 18.7. The van der Waals surface area contributed by atoms with Crippen LogP contribution < -0.4 is 10.2 Å². The average molecular weight is 372 g/mol. The Bertz CT molecular complexity index is 752. The predicted molar refractivity (Wildman–Crippen MR) is 110 cm³/mol. The van der Waals surface area contributed by atoms with E-state index in [9.17, 15) is 4.79 Å². The first-order chi connectivity index (χ1) is 12.6. The SMILES string of the molecule is CCc1ccc(C(=O)Nc2cccc(Cl)c2N2CCN(CC)CC2)cc1. The second-order valence-corrected chi connectivity index (χ2v) is 6.97. The van der Waals surface area contributed by atoms with Gasteiger partial charge in [-0.05, 0) is 42.8 Å². The molecule has 1 fully saturated rings. The summed E-state index contributed by atoms with van der Waals surface area (Å²) >= 11 is 6.50. The van der Waals surface area contributed by atoms with Crippen LogP contribution in [0.15, 0.2) is 42.5 Å². The number of piperazine rings is 1. The van der Waals surface area contributed by atoms with E-state index in [1.807, 2.05) is 42.5 Å². The van der Waals surface area contributed by atoms with Crippen molar-refractivity contribution < 1.29 is 4.79 Å². The predicted octanol–water partition coefficient (Wildman–Crippen LogP) is 4.30. The van der Waals surface area contributed by atoms with Gasteiger partial charge in [-0.15, -0.1) is 0 Å². The lowest BCUT2D eigenvalue weighted by molar-refractivity contribution is 0.102. The van der Waals surface area contributed by atoms with E-state index >= 15 is 0 Å². The van der Waals surface area contributed by atoms with Crippen molar-refractivity contribution in [3.8, 4) is 0 Å². The number of nitrogens with one attached hydrogen (secondary N) is 1. The van der Waals surface area contributed by atoms with Gasteiger partial charge < -0.3 is 15.1 Å². The Morgan fingerprint density at radius 2 is 1.73 bits per heavy atom. The van der Waals surface area contributed by atoms with Crippen molar-refractivity contribution in [1.29, 1.82) is 0 Å². The zero-order chi connectivity index (χ0) is 18.5. The fourth-order valence-corrected chi connectivity index (χ4v) is 3.61. The van der Waals surface area contributed by atoms with Crippen LogP contribution in [0.3, 0.4) is 0 Å². The lowest BCUT2D eigenvalue weighted by Gasteiger charge is -2.36. The van der Waals surface area contributed by atoms with Crippen LogP contribution in [0, 0.1) is 0 Å². The molecule has 0 saturated carbocycles. The number of hydrogen-bond acceptors (Lipinski definition) is 3. The fraction of sp³-hybridized carbons (Fsp3) is 0.381. The zero-order valence-electron chi connectivity index (χ0n) is 15.5. The molecule has 4 nitrogen and oxygen atoms in total. The van der Waals surface area contributed by atoms with Crippen LogP contribution in [0.5, 0.6) is 0 Å². The van der Waals surface area contributed by atoms with E-state index in [1.165, 1.54) is 5.56 Å². The highest BCUT2D eigenvalue weighted by Gasteiger charge is 2.21. The van der Waals surface area contributed by atoms with Crippen LogP contribution in [0.1, 0.15) is 29.8 Å². The van der Waals surface area contributed by atoms with Gasteiger partial charge in [0.2, 0.25) is 0 Å². The number of halogens is 1. The molecule has 0 atom stereocenters. The number of carbonyl (C=O) groups excluding carboxylic acids is 1. The Morgan fingerprint density at radius 3 is 2.35 bits per heavy atom. The molecule has 0 spiro atoms. The first-order valence-corrected chi connectivity index (χ1v) is 9.66. The average Bonchev–Trinajstić information content (AvgIpc) is 2.68. The summed E-state index contributed by atoms with van der Waals surface area (Å²) in [6, 6.07) is 13.4. The Morgan fingerprint density at radius 1 is 1.04 bits per heavy atom.